The van der Waals surface area contributed by atoms with Gasteiger partial charge in [-0.1, -0.05) is 0 Å². The number of amides is 2. The minimum atomic E-state index is -0.944. The smallest absolute Gasteiger partial charge is 0.312 e. The average Bonchev–Trinajstić information content (AvgIpc) is 2.66. The number of carbonyl (C=O) groups is 1. The van der Waals surface area contributed by atoms with Crippen LogP contribution in [0, 0.1) is 10.1 Å². The predicted octanol–water partition coefficient (Wildman–Crippen LogP) is -1.21. The quantitative estimate of drug-likeness (QED) is 0.476. The molecule has 96 valence electrons. The Morgan fingerprint density at radius 1 is 1.65 bits per heavy atom. The predicted molar refractivity (Wildman–Crippen MR) is 52.5 cm³/mol. The molecule has 2 rings (SSSR count). The van der Waals surface area contributed by atoms with E-state index in [1.54, 1.807) is 6.92 Å². The van der Waals surface area contributed by atoms with Gasteiger partial charge in [0.25, 0.3) is 5.09 Å². The largest absolute Gasteiger partial charge is 0.370 e. The fourth-order valence-corrected chi connectivity index (χ4v) is 2.29. The van der Waals surface area contributed by atoms with Crippen molar-refractivity contribution in [3.8, 4) is 0 Å². The van der Waals surface area contributed by atoms with Crippen LogP contribution in [0.3, 0.4) is 0 Å². The van der Waals surface area contributed by atoms with E-state index in [4.69, 9.17) is 15.2 Å². The van der Waals surface area contributed by atoms with Gasteiger partial charge in [-0.3, -0.25) is 0 Å². The van der Waals surface area contributed by atoms with Gasteiger partial charge in [0.05, 0.1) is 19.3 Å². The molecule has 0 unspecified atom stereocenters. The fraction of sp³-hybridized carbons (Fsp3) is 0.875. The van der Waals surface area contributed by atoms with E-state index < -0.39 is 35.0 Å². The Morgan fingerprint density at radius 2 is 2.35 bits per heavy atom. The average molecular weight is 247 g/mol. The van der Waals surface area contributed by atoms with Crippen molar-refractivity contribution in [3.63, 3.8) is 0 Å². The second-order valence-electron chi connectivity index (χ2n) is 4.18. The van der Waals surface area contributed by atoms with Crippen LogP contribution in [0.1, 0.15) is 6.92 Å². The fourth-order valence-electron chi connectivity index (χ4n) is 2.29. The second-order valence-corrected chi connectivity index (χ2v) is 4.18. The van der Waals surface area contributed by atoms with Crippen LogP contribution in [0.4, 0.5) is 4.79 Å². The second kappa shape index (κ2) is 4.00. The van der Waals surface area contributed by atoms with Crippen LogP contribution < -0.4 is 11.1 Å². The lowest BCUT2D eigenvalue weighted by Crippen LogP contribution is -2.51. The number of nitrogens with zero attached hydrogens (tertiary/aromatic N) is 1. The van der Waals surface area contributed by atoms with Gasteiger partial charge >= 0.3 is 6.03 Å². The first-order chi connectivity index (χ1) is 7.93. The molecule has 0 aromatic rings. The summed E-state index contributed by atoms with van der Waals surface area (Å²) in [6.45, 7) is 1.88. The Labute approximate surface area is 96.3 Å². The number of ether oxygens (including phenoxy) is 2. The Bertz CT molecular complexity index is 350. The van der Waals surface area contributed by atoms with Gasteiger partial charge in [0.2, 0.25) is 0 Å². The molecule has 17 heavy (non-hydrogen) atoms. The van der Waals surface area contributed by atoms with Crippen LogP contribution >= 0.6 is 0 Å². The highest BCUT2D eigenvalue weighted by molar-refractivity contribution is 5.72. The summed E-state index contributed by atoms with van der Waals surface area (Å²) in [6.07, 6.45) is -1.30. The maximum Gasteiger partial charge on any atom is 0.312 e. The molecule has 9 nitrogen and oxygen atoms in total. The summed E-state index contributed by atoms with van der Waals surface area (Å²) in [6, 6.07) is -1.11. The molecule has 2 aliphatic rings. The van der Waals surface area contributed by atoms with E-state index >= 15 is 0 Å². The third-order valence-corrected chi connectivity index (χ3v) is 3.11. The number of nitrogens with two attached hydrogens (primary N) is 1. The number of urea groups is 1. The zero-order valence-electron chi connectivity index (χ0n) is 9.12. The number of nitrogens with one attached hydrogen (secondary N) is 1. The first-order valence-electron chi connectivity index (χ1n) is 5.06. The van der Waals surface area contributed by atoms with E-state index in [1.165, 1.54) is 0 Å². The highest BCUT2D eigenvalue weighted by Crippen LogP contribution is 2.38. The molecule has 2 aliphatic heterocycles. The lowest BCUT2D eigenvalue weighted by atomic mass is 9.94. The lowest BCUT2D eigenvalue weighted by Gasteiger charge is -2.27. The van der Waals surface area contributed by atoms with Gasteiger partial charge in [0.1, 0.15) is 11.7 Å². The highest BCUT2D eigenvalue weighted by Gasteiger charge is 2.59. The maximum absolute atomic E-state index is 10.8. The third kappa shape index (κ3) is 1.98. The van der Waals surface area contributed by atoms with Crippen LogP contribution in [0.15, 0.2) is 0 Å². The van der Waals surface area contributed by atoms with Gasteiger partial charge in [-0.2, -0.15) is 0 Å². The third-order valence-electron chi connectivity index (χ3n) is 3.11. The standard InChI is InChI=1S/C8H13N3O6/c1-8-5(17-11(13)14)3-15-6(8)4(2-16-8)10-7(9)12/h4-6H,2-3H2,1H3,(H3,9,10,12)/t4-,5+,6+,8+/m0/s1. The maximum atomic E-state index is 10.8. The summed E-state index contributed by atoms with van der Waals surface area (Å²) in [5.41, 5.74) is 4.07. The lowest BCUT2D eigenvalue weighted by molar-refractivity contribution is -0.771. The molecule has 0 aromatic heterocycles. The molecular formula is C8H13N3O6. The van der Waals surface area contributed by atoms with Crippen LogP contribution in [0.2, 0.25) is 0 Å². The number of primary amides is 1. The topological polar surface area (TPSA) is 126 Å². The first kappa shape index (κ1) is 11.9. The minimum Gasteiger partial charge on any atom is -0.370 e. The highest BCUT2D eigenvalue weighted by atomic mass is 17.0. The van der Waals surface area contributed by atoms with Crippen molar-refractivity contribution >= 4 is 6.03 Å². The number of rotatable bonds is 3. The summed E-state index contributed by atoms with van der Waals surface area (Å²) in [7, 11) is 0. The summed E-state index contributed by atoms with van der Waals surface area (Å²) in [5, 5.41) is 11.9. The summed E-state index contributed by atoms with van der Waals surface area (Å²) in [4.78, 5) is 25.6. The van der Waals surface area contributed by atoms with Crippen molar-refractivity contribution in [1.82, 2.24) is 5.32 Å². The number of carbonyl (C=O) groups excluding carboxylic acids is 1. The zero-order chi connectivity index (χ0) is 12.6. The van der Waals surface area contributed by atoms with Crippen molar-refractivity contribution in [2.24, 2.45) is 5.73 Å². The monoisotopic (exact) mass is 247 g/mol. The van der Waals surface area contributed by atoms with E-state index in [-0.39, 0.29) is 13.2 Å². The number of hydrogen-bond donors (Lipinski definition) is 2. The van der Waals surface area contributed by atoms with Crippen molar-refractivity contribution in [3.05, 3.63) is 10.1 Å². The van der Waals surface area contributed by atoms with Gasteiger partial charge in [0.15, 0.2) is 6.10 Å². The Morgan fingerprint density at radius 3 is 2.94 bits per heavy atom. The van der Waals surface area contributed by atoms with Gasteiger partial charge in [-0.05, 0) is 6.92 Å². The summed E-state index contributed by atoms with van der Waals surface area (Å²) in [5.74, 6) is 0. The summed E-state index contributed by atoms with van der Waals surface area (Å²) < 4.78 is 10.8. The number of hydrogen-bond acceptors (Lipinski definition) is 6. The van der Waals surface area contributed by atoms with Crippen molar-refractivity contribution in [2.75, 3.05) is 13.2 Å². The molecule has 2 amide bonds. The van der Waals surface area contributed by atoms with Crippen molar-refractivity contribution in [1.29, 1.82) is 0 Å². The van der Waals surface area contributed by atoms with E-state index in [0.29, 0.717) is 0 Å². The van der Waals surface area contributed by atoms with Crippen LogP contribution in [0.25, 0.3) is 0 Å². The van der Waals surface area contributed by atoms with Crippen LogP contribution in [-0.4, -0.2) is 48.2 Å². The van der Waals surface area contributed by atoms with Crippen LogP contribution in [-0.2, 0) is 14.3 Å². The molecule has 4 atom stereocenters. The molecular weight excluding hydrogens is 234 g/mol. The zero-order valence-corrected chi connectivity index (χ0v) is 9.12. The Kier molecular flexibility index (Phi) is 2.79. The van der Waals surface area contributed by atoms with Gasteiger partial charge in [-0.15, -0.1) is 10.1 Å². The SMILES string of the molecule is C[C@]12OC[C@H](NC(N)=O)[C@H]1OC[C@H]2O[N+](=O)[O-]. The molecule has 3 N–H and O–H groups in total. The van der Waals surface area contributed by atoms with E-state index in [2.05, 4.69) is 10.2 Å². The Balaban J connectivity index is 2.07. The molecule has 0 radical (unpaired) electrons. The van der Waals surface area contributed by atoms with Crippen molar-refractivity contribution in [2.45, 2.75) is 30.8 Å². The molecule has 0 spiro atoms. The van der Waals surface area contributed by atoms with Gasteiger partial charge in [-0.25, -0.2) is 4.79 Å². The minimum absolute atomic E-state index is 0.0408. The molecule has 0 aliphatic carbocycles. The van der Waals surface area contributed by atoms with Gasteiger partial charge < -0.3 is 25.4 Å². The summed E-state index contributed by atoms with van der Waals surface area (Å²) >= 11 is 0. The molecule has 2 heterocycles. The molecule has 0 bridgehead atoms. The molecule has 9 heteroatoms. The Hall–Kier alpha value is -1.61. The number of fused-ring (bicyclic) bond motifs is 1. The van der Waals surface area contributed by atoms with Gasteiger partial charge in [0, 0.05) is 0 Å². The normalized spacial score (nSPS) is 39.7. The molecule has 0 saturated carbocycles. The van der Waals surface area contributed by atoms with Crippen molar-refractivity contribution < 1.29 is 24.2 Å². The van der Waals surface area contributed by atoms with Crippen LogP contribution in [0.5, 0.6) is 0 Å². The van der Waals surface area contributed by atoms with E-state index in [1.807, 2.05) is 0 Å². The first-order valence-corrected chi connectivity index (χ1v) is 5.06. The molecule has 2 fully saturated rings. The molecule has 2 saturated heterocycles. The molecule has 0 aromatic carbocycles. The van der Waals surface area contributed by atoms with E-state index in [0.717, 1.165) is 0 Å². The van der Waals surface area contributed by atoms with E-state index in [9.17, 15) is 14.9 Å².